The Bertz CT molecular complexity index is 1030. The summed E-state index contributed by atoms with van der Waals surface area (Å²) in [5, 5.41) is 10.1. The normalized spacial score (nSPS) is 9.81. The number of carbonyl (C=O) groups excluding carboxylic acids is 1. The molecule has 27 heavy (non-hydrogen) atoms. The highest BCUT2D eigenvalue weighted by Gasteiger charge is 2.03. The van der Waals surface area contributed by atoms with Gasteiger partial charge in [-0.2, -0.15) is 0 Å². The summed E-state index contributed by atoms with van der Waals surface area (Å²) in [5.41, 5.74) is 2.47. The van der Waals surface area contributed by atoms with Crippen molar-refractivity contribution >= 4 is 57.0 Å². The number of carboxylic acid groups (broad SMARTS) is 1. The van der Waals surface area contributed by atoms with Gasteiger partial charge in [-0.25, -0.2) is 4.79 Å². The Labute approximate surface area is 166 Å². The molecule has 0 aliphatic rings. The first kappa shape index (κ1) is 20.3. The number of halogens is 2. The number of fused-ring (bicyclic) bond motifs is 2. The second-order valence-electron chi connectivity index (χ2n) is 5.40. The molecule has 5 nitrogen and oxygen atoms in total. The van der Waals surface area contributed by atoms with Gasteiger partial charge in [-0.05, 0) is 60.1 Å². The van der Waals surface area contributed by atoms with Crippen LogP contribution >= 0.6 is 24.0 Å². The predicted molar refractivity (Wildman–Crippen MR) is 108 cm³/mol. The lowest BCUT2D eigenvalue weighted by molar-refractivity contribution is 0.0697. The minimum absolute atomic E-state index is 0. The summed E-state index contributed by atoms with van der Waals surface area (Å²) in [7, 11) is 0. The second-order valence-corrected chi connectivity index (χ2v) is 5.74. The molecule has 7 heteroatoms. The minimum atomic E-state index is -0.911. The summed E-state index contributed by atoms with van der Waals surface area (Å²) in [6.07, 6.45) is 3.40. The van der Waals surface area contributed by atoms with Crippen LogP contribution < -0.4 is 0 Å². The number of rotatable bonds is 2. The number of carboxylic acids is 1. The van der Waals surface area contributed by atoms with E-state index >= 15 is 0 Å². The van der Waals surface area contributed by atoms with Crippen LogP contribution in [-0.2, 0) is 0 Å². The Morgan fingerprint density at radius 1 is 0.778 bits per heavy atom. The molecule has 0 spiro atoms. The quantitative estimate of drug-likeness (QED) is 0.480. The first-order valence-corrected chi connectivity index (χ1v) is 8.05. The summed E-state index contributed by atoms with van der Waals surface area (Å²) in [5.74, 6) is -0.911. The third kappa shape index (κ3) is 5.00. The maximum absolute atomic E-state index is 10.8. The van der Waals surface area contributed by atoms with Gasteiger partial charge in [0.2, 0.25) is 0 Å². The van der Waals surface area contributed by atoms with E-state index in [0.29, 0.717) is 11.1 Å². The smallest absolute Gasteiger partial charge is 0.335 e. The SMILES string of the molecule is Cl.O=C(Cl)c1ccc2ncccc2c1.O=C(O)c1ccc2ncccc2c1. The van der Waals surface area contributed by atoms with Crippen molar-refractivity contribution < 1.29 is 14.7 Å². The molecule has 136 valence electrons. The van der Waals surface area contributed by atoms with Crippen LogP contribution in [0, 0.1) is 0 Å². The number of benzene rings is 2. The zero-order chi connectivity index (χ0) is 18.5. The van der Waals surface area contributed by atoms with Crippen molar-refractivity contribution in [1.82, 2.24) is 9.97 Å². The number of pyridine rings is 2. The average molecular weight is 401 g/mol. The van der Waals surface area contributed by atoms with Crippen LogP contribution in [0.5, 0.6) is 0 Å². The van der Waals surface area contributed by atoms with Gasteiger partial charge in [0.15, 0.2) is 0 Å². The van der Waals surface area contributed by atoms with Crippen LogP contribution in [0.4, 0.5) is 0 Å². The van der Waals surface area contributed by atoms with Crippen LogP contribution in [0.25, 0.3) is 21.8 Å². The van der Waals surface area contributed by atoms with Gasteiger partial charge in [0.25, 0.3) is 5.24 Å². The van der Waals surface area contributed by atoms with Crippen molar-refractivity contribution in [3.05, 3.63) is 84.2 Å². The maximum Gasteiger partial charge on any atom is 0.335 e. The first-order chi connectivity index (χ1) is 12.5. The molecule has 0 atom stereocenters. The van der Waals surface area contributed by atoms with Crippen LogP contribution in [0.2, 0.25) is 0 Å². The highest BCUT2D eigenvalue weighted by atomic mass is 35.5. The molecule has 2 aromatic heterocycles. The predicted octanol–water partition coefficient (Wildman–Crippen LogP) is 4.97. The molecule has 4 rings (SSSR count). The van der Waals surface area contributed by atoms with Gasteiger partial charge in [0, 0.05) is 28.7 Å². The first-order valence-electron chi connectivity index (χ1n) is 7.67. The molecule has 2 aromatic carbocycles. The Hall–Kier alpha value is -3.02. The van der Waals surface area contributed by atoms with E-state index in [4.69, 9.17) is 16.7 Å². The lowest BCUT2D eigenvalue weighted by Gasteiger charge is -1.97. The van der Waals surface area contributed by atoms with E-state index in [9.17, 15) is 9.59 Å². The standard InChI is InChI=1S/C10H6ClNO.C10H7NO2.ClH/c11-10(13)8-3-4-9-7(6-8)2-1-5-12-9;12-10(13)8-3-4-9-7(6-8)2-1-5-11-9;/h1-6H;1-6H,(H,12,13);1H. The zero-order valence-electron chi connectivity index (χ0n) is 13.9. The van der Waals surface area contributed by atoms with Gasteiger partial charge >= 0.3 is 5.97 Å². The summed E-state index contributed by atoms with van der Waals surface area (Å²) in [4.78, 5) is 29.7. The highest BCUT2D eigenvalue weighted by Crippen LogP contribution is 2.14. The molecule has 0 aliphatic carbocycles. The summed E-state index contributed by atoms with van der Waals surface area (Å²) in [6.45, 7) is 0. The number of hydrogen-bond donors (Lipinski definition) is 1. The molecular weight excluding hydrogens is 387 g/mol. The molecule has 0 amide bonds. The Morgan fingerprint density at radius 2 is 1.26 bits per heavy atom. The van der Waals surface area contributed by atoms with Crippen LogP contribution in [0.15, 0.2) is 73.1 Å². The van der Waals surface area contributed by atoms with Crippen LogP contribution in [-0.4, -0.2) is 26.3 Å². The molecule has 0 saturated heterocycles. The molecule has 0 radical (unpaired) electrons. The lowest BCUT2D eigenvalue weighted by Crippen LogP contribution is -1.95. The van der Waals surface area contributed by atoms with Crippen LogP contribution in [0.3, 0.4) is 0 Å². The third-order valence-corrected chi connectivity index (χ3v) is 3.90. The van der Waals surface area contributed by atoms with Gasteiger partial charge in [0.1, 0.15) is 0 Å². The van der Waals surface area contributed by atoms with Gasteiger partial charge < -0.3 is 5.11 Å². The van der Waals surface area contributed by atoms with E-state index in [2.05, 4.69) is 9.97 Å². The van der Waals surface area contributed by atoms with Crippen LogP contribution in [0.1, 0.15) is 20.7 Å². The second kappa shape index (κ2) is 9.07. The molecule has 0 bridgehead atoms. The van der Waals surface area contributed by atoms with Crippen molar-refractivity contribution in [2.24, 2.45) is 0 Å². The maximum atomic E-state index is 10.8. The molecule has 0 unspecified atom stereocenters. The summed E-state index contributed by atoms with van der Waals surface area (Å²) in [6, 6.07) is 17.4. The largest absolute Gasteiger partial charge is 0.478 e. The fourth-order valence-corrected chi connectivity index (χ4v) is 2.52. The zero-order valence-corrected chi connectivity index (χ0v) is 15.4. The van der Waals surface area contributed by atoms with Gasteiger partial charge in [0.05, 0.1) is 16.6 Å². The summed E-state index contributed by atoms with van der Waals surface area (Å²) >= 11 is 5.34. The van der Waals surface area contributed by atoms with Gasteiger partial charge in [-0.15, -0.1) is 12.4 Å². The van der Waals surface area contributed by atoms with E-state index in [0.717, 1.165) is 21.8 Å². The van der Waals surface area contributed by atoms with Crippen molar-refractivity contribution in [1.29, 1.82) is 0 Å². The van der Waals surface area contributed by atoms with E-state index in [-0.39, 0.29) is 12.4 Å². The van der Waals surface area contributed by atoms with Crippen molar-refractivity contribution in [3.8, 4) is 0 Å². The monoisotopic (exact) mass is 400 g/mol. The summed E-state index contributed by atoms with van der Waals surface area (Å²) < 4.78 is 0. The van der Waals surface area contributed by atoms with E-state index in [1.807, 2.05) is 18.2 Å². The number of hydrogen-bond acceptors (Lipinski definition) is 4. The topological polar surface area (TPSA) is 80.2 Å². The molecule has 2 heterocycles. The molecule has 4 aromatic rings. The third-order valence-electron chi connectivity index (χ3n) is 3.68. The fourth-order valence-electron chi connectivity index (χ4n) is 2.41. The number of aromatic nitrogens is 2. The molecule has 1 N–H and O–H groups in total. The number of carbonyl (C=O) groups is 2. The lowest BCUT2D eigenvalue weighted by atomic mass is 10.1. The Kier molecular flexibility index (Phi) is 6.82. The Balaban J connectivity index is 0.000000187. The fraction of sp³-hybridized carbons (Fsp3) is 0. The number of aromatic carboxylic acids is 1. The highest BCUT2D eigenvalue weighted by molar-refractivity contribution is 6.67. The number of nitrogens with zero attached hydrogens (tertiary/aromatic N) is 2. The van der Waals surface area contributed by atoms with Gasteiger partial charge in [-0.1, -0.05) is 12.1 Å². The van der Waals surface area contributed by atoms with E-state index < -0.39 is 11.2 Å². The van der Waals surface area contributed by atoms with Crippen molar-refractivity contribution in [2.45, 2.75) is 0 Å². The van der Waals surface area contributed by atoms with Gasteiger partial charge in [-0.3, -0.25) is 14.8 Å². The molecular formula is C20H14Cl2N2O3. The average Bonchev–Trinajstić information content (AvgIpc) is 2.67. The van der Waals surface area contributed by atoms with Crippen molar-refractivity contribution in [3.63, 3.8) is 0 Å². The molecule has 0 saturated carbocycles. The molecule has 0 aliphatic heterocycles. The Morgan fingerprint density at radius 3 is 1.74 bits per heavy atom. The minimum Gasteiger partial charge on any atom is -0.478 e. The van der Waals surface area contributed by atoms with E-state index in [1.54, 1.807) is 54.9 Å². The van der Waals surface area contributed by atoms with E-state index in [1.165, 1.54) is 0 Å². The van der Waals surface area contributed by atoms with Crippen molar-refractivity contribution in [2.75, 3.05) is 0 Å². The molecule has 0 fully saturated rings.